The summed E-state index contributed by atoms with van der Waals surface area (Å²) in [7, 11) is 1.65. The van der Waals surface area contributed by atoms with Crippen molar-refractivity contribution >= 4 is 28.7 Å². The molecule has 0 radical (unpaired) electrons. The summed E-state index contributed by atoms with van der Waals surface area (Å²) >= 11 is 0. The Balaban J connectivity index is 1.74. The number of hydrogen-bond acceptors (Lipinski definition) is 5. The quantitative estimate of drug-likeness (QED) is 0.457. The molecule has 4 rings (SSSR count). The molecule has 2 amide bonds. The van der Waals surface area contributed by atoms with Crippen LogP contribution in [-0.2, 0) is 11.3 Å². The Morgan fingerprint density at radius 3 is 2.85 bits per heavy atom. The standard InChI is InChI=1S/C23H24FN7O2/c1-4-20(32)30-9-8-15(12-30)31-23(26-3)21(22(25)33)17(28-31)7-6-14-10-18-19(11-16(14)24)29(5-2)13-27-18/h4,10-11,13,15,26H,1,5,8-9,12H2,2-3H3,(H2,25,33). The van der Waals surface area contributed by atoms with E-state index in [-0.39, 0.29) is 28.8 Å². The van der Waals surface area contributed by atoms with Crippen LogP contribution in [0.2, 0.25) is 0 Å². The van der Waals surface area contributed by atoms with Gasteiger partial charge in [0, 0.05) is 32.7 Å². The summed E-state index contributed by atoms with van der Waals surface area (Å²) in [5.41, 5.74) is 7.33. The number of likely N-dealkylation sites (tertiary alicyclic amines) is 1. The number of rotatable bonds is 5. The number of amides is 2. The summed E-state index contributed by atoms with van der Waals surface area (Å²) in [5, 5.41) is 7.47. The number of benzene rings is 1. The lowest BCUT2D eigenvalue weighted by Gasteiger charge is -2.16. The molecule has 0 spiro atoms. The minimum absolute atomic E-state index is 0.121. The predicted octanol–water partition coefficient (Wildman–Crippen LogP) is 1.89. The normalized spacial score (nSPS) is 15.4. The fourth-order valence-electron chi connectivity index (χ4n) is 4.08. The lowest BCUT2D eigenvalue weighted by atomic mass is 10.1. The molecule has 1 aliphatic rings. The smallest absolute Gasteiger partial charge is 0.255 e. The van der Waals surface area contributed by atoms with Crippen molar-refractivity contribution in [3.05, 3.63) is 53.8 Å². The number of halogens is 1. The van der Waals surface area contributed by atoms with E-state index in [1.807, 2.05) is 11.5 Å². The third-order valence-corrected chi connectivity index (χ3v) is 5.76. The summed E-state index contributed by atoms with van der Waals surface area (Å²) in [6, 6.07) is 2.79. The van der Waals surface area contributed by atoms with E-state index in [1.54, 1.807) is 29.0 Å². The Morgan fingerprint density at radius 1 is 1.39 bits per heavy atom. The highest BCUT2D eigenvalue weighted by atomic mass is 19.1. The number of carbonyl (C=O) groups is 2. The van der Waals surface area contributed by atoms with E-state index in [0.29, 0.717) is 42.9 Å². The van der Waals surface area contributed by atoms with Crippen LogP contribution >= 0.6 is 0 Å². The van der Waals surface area contributed by atoms with Gasteiger partial charge in [-0.2, -0.15) is 5.10 Å². The van der Waals surface area contributed by atoms with Gasteiger partial charge in [0.1, 0.15) is 17.2 Å². The Morgan fingerprint density at radius 2 is 2.18 bits per heavy atom. The monoisotopic (exact) mass is 449 g/mol. The van der Waals surface area contributed by atoms with Crippen LogP contribution in [0.3, 0.4) is 0 Å². The molecule has 9 nitrogen and oxygen atoms in total. The average molecular weight is 449 g/mol. The number of carbonyl (C=O) groups excluding carboxylic acids is 2. The number of imidazole rings is 1. The van der Waals surface area contributed by atoms with Crippen molar-refractivity contribution in [1.82, 2.24) is 24.2 Å². The first kappa shape index (κ1) is 22.1. The van der Waals surface area contributed by atoms with E-state index in [0.717, 1.165) is 0 Å². The zero-order valence-corrected chi connectivity index (χ0v) is 18.4. The van der Waals surface area contributed by atoms with Crippen molar-refractivity contribution in [2.45, 2.75) is 25.9 Å². The van der Waals surface area contributed by atoms with Crippen LogP contribution in [0.25, 0.3) is 11.0 Å². The molecule has 1 saturated heterocycles. The molecule has 3 heterocycles. The van der Waals surface area contributed by atoms with Gasteiger partial charge >= 0.3 is 0 Å². The highest BCUT2D eigenvalue weighted by Gasteiger charge is 2.31. The van der Waals surface area contributed by atoms with Crippen LogP contribution in [-0.4, -0.2) is 56.2 Å². The molecule has 10 heteroatoms. The third kappa shape index (κ3) is 3.93. The van der Waals surface area contributed by atoms with Crippen molar-refractivity contribution in [3.8, 4) is 11.8 Å². The molecule has 1 unspecified atom stereocenters. The number of aromatic nitrogens is 4. The van der Waals surface area contributed by atoms with Gasteiger partial charge in [-0.25, -0.2) is 14.1 Å². The van der Waals surface area contributed by atoms with Crippen molar-refractivity contribution in [1.29, 1.82) is 0 Å². The van der Waals surface area contributed by atoms with Crippen LogP contribution in [0.5, 0.6) is 0 Å². The topological polar surface area (TPSA) is 111 Å². The Kier molecular flexibility index (Phi) is 5.87. The van der Waals surface area contributed by atoms with Gasteiger partial charge in [0.25, 0.3) is 5.91 Å². The largest absolute Gasteiger partial charge is 0.373 e. The van der Waals surface area contributed by atoms with Gasteiger partial charge < -0.3 is 20.5 Å². The van der Waals surface area contributed by atoms with Crippen LogP contribution in [0.1, 0.15) is 41.0 Å². The molecule has 33 heavy (non-hydrogen) atoms. The van der Waals surface area contributed by atoms with Crippen LogP contribution in [0, 0.1) is 17.7 Å². The zero-order chi connectivity index (χ0) is 23.7. The van der Waals surface area contributed by atoms with Crippen molar-refractivity contribution < 1.29 is 14.0 Å². The first-order valence-corrected chi connectivity index (χ1v) is 10.6. The van der Waals surface area contributed by atoms with Gasteiger partial charge in [0.15, 0.2) is 5.69 Å². The molecule has 170 valence electrons. The minimum atomic E-state index is -0.704. The number of primary amides is 1. The third-order valence-electron chi connectivity index (χ3n) is 5.76. The molecule has 1 aromatic carbocycles. The predicted molar refractivity (Wildman–Crippen MR) is 122 cm³/mol. The molecule has 2 aromatic heterocycles. The zero-order valence-electron chi connectivity index (χ0n) is 18.4. The highest BCUT2D eigenvalue weighted by Crippen LogP contribution is 2.29. The molecule has 0 saturated carbocycles. The Bertz CT molecular complexity index is 1330. The molecule has 1 fully saturated rings. The number of nitrogens with one attached hydrogen (secondary N) is 1. The average Bonchev–Trinajstić information content (AvgIpc) is 3.52. The van der Waals surface area contributed by atoms with E-state index in [2.05, 4.69) is 33.8 Å². The molecule has 3 N–H and O–H groups in total. The first-order chi connectivity index (χ1) is 15.9. The molecule has 1 aliphatic heterocycles. The summed E-state index contributed by atoms with van der Waals surface area (Å²) in [5.74, 6) is 4.62. The van der Waals surface area contributed by atoms with Crippen LogP contribution in [0.4, 0.5) is 10.2 Å². The molecule has 1 atom stereocenters. The highest BCUT2D eigenvalue weighted by molar-refractivity contribution is 6.00. The van der Waals surface area contributed by atoms with E-state index < -0.39 is 11.7 Å². The van der Waals surface area contributed by atoms with E-state index in [4.69, 9.17) is 5.73 Å². The summed E-state index contributed by atoms with van der Waals surface area (Å²) in [4.78, 5) is 30.1. The number of nitrogens with two attached hydrogens (primary N) is 1. The molecular formula is C23H24FN7O2. The number of hydrogen-bond donors (Lipinski definition) is 2. The molecule has 0 aliphatic carbocycles. The summed E-state index contributed by atoms with van der Waals surface area (Å²) < 4.78 is 18.2. The second kappa shape index (κ2) is 8.78. The number of fused-ring (bicyclic) bond motifs is 1. The van der Waals surface area contributed by atoms with Crippen molar-refractivity contribution in [2.75, 3.05) is 25.5 Å². The Hall–Kier alpha value is -4.13. The summed E-state index contributed by atoms with van der Waals surface area (Å²) in [6.45, 7) is 7.10. The van der Waals surface area contributed by atoms with Crippen molar-refractivity contribution in [3.63, 3.8) is 0 Å². The molecule has 3 aromatic rings. The van der Waals surface area contributed by atoms with Gasteiger partial charge in [-0.3, -0.25) is 9.59 Å². The summed E-state index contributed by atoms with van der Waals surface area (Å²) in [6.07, 6.45) is 3.56. The van der Waals surface area contributed by atoms with E-state index in [9.17, 15) is 14.0 Å². The fraction of sp³-hybridized carbons (Fsp3) is 0.304. The minimum Gasteiger partial charge on any atom is -0.373 e. The lowest BCUT2D eigenvalue weighted by Crippen LogP contribution is -2.27. The number of anilines is 1. The van der Waals surface area contributed by atoms with Gasteiger partial charge in [0.05, 0.1) is 29.0 Å². The second-order valence-electron chi connectivity index (χ2n) is 7.66. The van der Waals surface area contributed by atoms with Gasteiger partial charge in [-0.1, -0.05) is 12.5 Å². The first-order valence-electron chi connectivity index (χ1n) is 10.6. The number of nitrogens with zero attached hydrogens (tertiary/aromatic N) is 5. The Labute approximate surface area is 190 Å². The van der Waals surface area contributed by atoms with Crippen molar-refractivity contribution in [2.24, 2.45) is 5.73 Å². The number of aryl methyl sites for hydroxylation is 1. The van der Waals surface area contributed by atoms with Gasteiger partial charge in [-0.15, -0.1) is 0 Å². The van der Waals surface area contributed by atoms with Crippen LogP contribution < -0.4 is 11.1 Å². The van der Waals surface area contributed by atoms with Gasteiger partial charge in [-0.05, 0) is 31.4 Å². The lowest BCUT2D eigenvalue weighted by molar-refractivity contribution is -0.125. The SMILES string of the molecule is C=CC(=O)N1CCC(n2nc(C#Cc3cc4ncn(CC)c4cc3F)c(C(N)=O)c2NC)C1. The maximum Gasteiger partial charge on any atom is 0.255 e. The van der Waals surface area contributed by atoms with Gasteiger partial charge in [0.2, 0.25) is 5.91 Å². The van der Waals surface area contributed by atoms with E-state index >= 15 is 0 Å². The molecule has 0 bridgehead atoms. The fourth-order valence-corrected chi connectivity index (χ4v) is 4.08. The maximum atomic E-state index is 14.7. The van der Waals surface area contributed by atoms with Crippen LogP contribution in [0.15, 0.2) is 31.1 Å². The second-order valence-corrected chi connectivity index (χ2v) is 7.66. The molecular weight excluding hydrogens is 425 g/mol. The maximum absolute atomic E-state index is 14.7. The van der Waals surface area contributed by atoms with E-state index in [1.165, 1.54) is 12.1 Å².